The zero-order valence-electron chi connectivity index (χ0n) is 11.8. The number of hydrogen-bond donors (Lipinski definition) is 3. The first-order valence-corrected chi connectivity index (χ1v) is 7.05. The van der Waals surface area contributed by atoms with E-state index in [0.29, 0.717) is 26.4 Å². The van der Waals surface area contributed by atoms with Gasteiger partial charge in [-0.2, -0.15) is 0 Å². The molecule has 0 aromatic heterocycles. The Morgan fingerprint density at radius 1 is 0.579 bits per heavy atom. The molecule has 0 amide bonds. The summed E-state index contributed by atoms with van der Waals surface area (Å²) in [6.45, 7) is 4.86. The van der Waals surface area contributed by atoms with Crippen LogP contribution in [0.2, 0.25) is 0 Å². The molecule has 0 unspecified atom stereocenters. The Labute approximate surface area is 115 Å². The van der Waals surface area contributed by atoms with Gasteiger partial charge < -0.3 is 24.8 Å². The first-order chi connectivity index (χ1) is 9.35. The molecule has 0 fully saturated rings. The molecular weight excluding hydrogens is 250 g/mol. The monoisotopic (exact) mass is 279 g/mol. The van der Waals surface area contributed by atoms with Crippen molar-refractivity contribution < 1.29 is 24.8 Å². The SMILES string of the molecule is OCCCCCN(CCOCCO)CCOCCO. The van der Waals surface area contributed by atoms with Crippen molar-refractivity contribution in [2.75, 3.05) is 65.9 Å². The van der Waals surface area contributed by atoms with Crippen molar-refractivity contribution in [3.8, 4) is 0 Å². The second-order valence-electron chi connectivity index (χ2n) is 4.30. The largest absolute Gasteiger partial charge is 0.396 e. The highest BCUT2D eigenvalue weighted by Crippen LogP contribution is 1.99. The van der Waals surface area contributed by atoms with E-state index >= 15 is 0 Å². The molecule has 0 saturated carbocycles. The van der Waals surface area contributed by atoms with Crippen molar-refractivity contribution in [3.63, 3.8) is 0 Å². The normalized spacial score (nSPS) is 11.4. The van der Waals surface area contributed by atoms with E-state index in [0.717, 1.165) is 38.9 Å². The van der Waals surface area contributed by atoms with Crippen molar-refractivity contribution in [1.82, 2.24) is 4.90 Å². The quantitative estimate of drug-likeness (QED) is 0.350. The van der Waals surface area contributed by atoms with Crippen molar-refractivity contribution in [1.29, 1.82) is 0 Å². The number of hydrogen-bond acceptors (Lipinski definition) is 6. The Kier molecular flexibility index (Phi) is 15.6. The van der Waals surface area contributed by atoms with E-state index in [-0.39, 0.29) is 19.8 Å². The third-order valence-corrected chi connectivity index (χ3v) is 2.71. The molecular formula is C13H29NO5. The van der Waals surface area contributed by atoms with Crippen LogP contribution < -0.4 is 0 Å². The molecule has 0 aliphatic carbocycles. The highest BCUT2D eigenvalue weighted by Gasteiger charge is 2.04. The zero-order chi connectivity index (χ0) is 14.2. The van der Waals surface area contributed by atoms with E-state index in [9.17, 15) is 0 Å². The Morgan fingerprint density at radius 3 is 1.63 bits per heavy atom. The lowest BCUT2D eigenvalue weighted by atomic mass is 10.2. The molecule has 0 atom stereocenters. The fraction of sp³-hybridized carbons (Fsp3) is 1.00. The molecule has 0 saturated heterocycles. The average Bonchev–Trinajstić information content (AvgIpc) is 2.43. The van der Waals surface area contributed by atoms with E-state index in [1.165, 1.54) is 0 Å². The number of rotatable bonds is 15. The van der Waals surface area contributed by atoms with E-state index in [1.54, 1.807) is 0 Å². The van der Waals surface area contributed by atoms with Gasteiger partial charge in [0.15, 0.2) is 0 Å². The summed E-state index contributed by atoms with van der Waals surface area (Å²) in [5.74, 6) is 0. The molecule has 0 bridgehead atoms. The van der Waals surface area contributed by atoms with Gasteiger partial charge in [0.05, 0.1) is 39.6 Å². The Hall–Kier alpha value is -0.240. The molecule has 0 heterocycles. The summed E-state index contributed by atoms with van der Waals surface area (Å²) in [6, 6.07) is 0. The van der Waals surface area contributed by atoms with Crippen molar-refractivity contribution >= 4 is 0 Å². The molecule has 6 heteroatoms. The van der Waals surface area contributed by atoms with E-state index in [2.05, 4.69) is 4.90 Å². The molecule has 6 nitrogen and oxygen atoms in total. The molecule has 0 rings (SSSR count). The van der Waals surface area contributed by atoms with Crippen LogP contribution in [0.1, 0.15) is 19.3 Å². The van der Waals surface area contributed by atoms with Crippen LogP contribution in [0.15, 0.2) is 0 Å². The molecule has 0 spiro atoms. The molecule has 19 heavy (non-hydrogen) atoms. The molecule has 0 aromatic carbocycles. The number of ether oxygens (including phenoxy) is 2. The maximum Gasteiger partial charge on any atom is 0.0698 e. The minimum absolute atomic E-state index is 0.0517. The molecule has 0 aliphatic rings. The van der Waals surface area contributed by atoms with Gasteiger partial charge in [-0.3, -0.25) is 4.90 Å². The second-order valence-corrected chi connectivity index (χ2v) is 4.30. The first kappa shape index (κ1) is 18.8. The number of aliphatic hydroxyl groups excluding tert-OH is 3. The molecule has 3 N–H and O–H groups in total. The average molecular weight is 279 g/mol. The van der Waals surface area contributed by atoms with Gasteiger partial charge in [-0.15, -0.1) is 0 Å². The van der Waals surface area contributed by atoms with E-state index in [4.69, 9.17) is 24.8 Å². The predicted molar refractivity (Wildman–Crippen MR) is 73.2 cm³/mol. The molecule has 0 radical (unpaired) electrons. The Bertz CT molecular complexity index is 143. The number of aliphatic hydroxyl groups is 3. The number of unbranched alkanes of at least 4 members (excludes halogenated alkanes) is 2. The van der Waals surface area contributed by atoms with Crippen molar-refractivity contribution in [2.24, 2.45) is 0 Å². The van der Waals surface area contributed by atoms with E-state index in [1.807, 2.05) is 0 Å². The summed E-state index contributed by atoms with van der Waals surface area (Å²) in [4.78, 5) is 2.24. The summed E-state index contributed by atoms with van der Waals surface area (Å²) in [5, 5.41) is 26.0. The summed E-state index contributed by atoms with van der Waals surface area (Å²) in [6.07, 6.45) is 2.90. The van der Waals surface area contributed by atoms with Gasteiger partial charge in [-0.05, 0) is 25.8 Å². The van der Waals surface area contributed by atoms with Gasteiger partial charge in [0.1, 0.15) is 0 Å². The van der Waals surface area contributed by atoms with Gasteiger partial charge in [0.25, 0.3) is 0 Å². The van der Waals surface area contributed by atoms with E-state index < -0.39 is 0 Å². The van der Waals surface area contributed by atoms with Gasteiger partial charge in [0.2, 0.25) is 0 Å². The Morgan fingerprint density at radius 2 is 1.16 bits per heavy atom. The lowest BCUT2D eigenvalue weighted by Gasteiger charge is -2.22. The minimum atomic E-state index is 0.0517. The molecule has 0 aliphatic heterocycles. The van der Waals surface area contributed by atoms with Crippen LogP contribution in [-0.4, -0.2) is 86.1 Å². The highest BCUT2D eigenvalue weighted by molar-refractivity contribution is 4.58. The summed E-state index contributed by atoms with van der Waals surface area (Å²) in [7, 11) is 0. The summed E-state index contributed by atoms with van der Waals surface area (Å²) in [5.41, 5.74) is 0. The molecule has 116 valence electrons. The maximum atomic E-state index is 8.73. The third-order valence-electron chi connectivity index (χ3n) is 2.71. The van der Waals surface area contributed by atoms with Crippen molar-refractivity contribution in [2.45, 2.75) is 19.3 Å². The zero-order valence-corrected chi connectivity index (χ0v) is 11.8. The van der Waals surface area contributed by atoms with Gasteiger partial charge in [0, 0.05) is 19.7 Å². The predicted octanol–water partition coefficient (Wildman–Crippen LogP) is -0.531. The fourth-order valence-electron chi connectivity index (χ4n) is 1.68. The lowest BCUT2D eigenvalue weighted by Crippen LogP contribution is -2.32. The third kappa shape index (κ3) is 14.0. The minimum Gasteiger partial charge on any atom is -0.396 e. The van der Waals surface area contributed by atoms with Crippen LogP contribution in [0, 0.1) is 0 Å². The van der Waals surface area contributed by atoms with Crippen LogP contribution in [0.3, 0.4) is 0 Å². The topological polar surface area (TPSA) is 82.4 Å². The van der Waals surface area contributed by atoms with Crippen molar-refractivity contribution in [3.05, 3.63) is 0 Å². The van der Waals surface area contributed by atoms with Crippen LogP contribution in [0.5, 0.6) is 0 Å². The van der Waals surface area contributed by atoms with Gasteiger partial charge in [-0.25, -0.2) is 0 Å². The van der Waals surface area contributed by atoms with Crippen LogP contribution >= 0.6 is 0 Å². The Balaban J connectivity index is 3.66. The first-order valence-electron chi connectivity index (χ1n) is 7.05. The highest BCUT2D eigenvalue weighted by atomic mass is 16.5. The summed E-state index contributed by atoms with van der Waals surface area (Å²) >= 11 is 0. The fourth-order valence-corrected chi connectivity index (χ4v) is 1.68. The summed E-state index contributed by atoms with van der Waals surface area (Å²) < 4.78 is 10.5. The smallest absolute Gasteiger partial charge is 0.0698 e. The van der Waals surface area contributed by atoms with Crippen LogP contribution in [0.4, 0.5) is 0 Å². The van der Waals surface area contributed by atoms with Gasteiger partial charge in [-0.1, -0.05) is 0 Å². The van der Waals surface area contributed by atoms with Crippen LogP contribution in [0.25, 0.3) is 0 Å². The number of nitrogens with zero attached hydrogens (tertiary/aromatic N) is 1. The van der Waals surface area contributed by atoms with Gasteiger partial charge >= 0.3 is 0 Å². The standard InChI is InChI=1S/C13H29NO5/c15-7-3-1-2-4-14(5-10-18-12-8-16)6-11-19-13-9-17/h15-17H,1-13H2. The maximum absolute atomic E-state index is 8.73. The molecule has 0 aromatic rings. The lowest BCUT2D eigenvalue weighted by molar-refractivity contribution is 0.0502. The van der Waals surface area contributed by atoms with Crippen LogP contribution in [-0.2, 0) is 9.47 Å². The second kappa shape index (κ2) is 15.8.